The van der Waals surface area contributed by atoms with Crippen LogP contribution in [0.25, 0.3) is 6.08 Å². The van der Waals surface area contributed by atoms with Crippen LogP contribution in [-0.4, -0.2) is 63.3 Å². The summed E-state index contributed by atoms with van der Waals surface area (Å²) < 4.78 is 30.1. The molecule has 0 radical (unpaired) electrons. The number of carbonyl (C=O) groups excluding carboxylic acids is 1. The molecule has 1 heterocycles. The van der Waals surface area contributed by atoms with Crippen LogP contribution in [0, 0.1) is 0 Å². The summed E-state index contributed by atoms with van der Waals surface area (Å²) in [6, 6.07) is 14.9. The van der Waals surface area contributed by atoms with Gasteiger partial charge in [0.25, 0.3) is 0 Å². The average molecular weight is 475 g/mol. The third kappa shape index (κ3) is 6.52. The van der Waals surface area contributed by atoms with Crippen LogP contribution in [-0.2, 0) is 14.8 Å². The number of benzene rings is 2. The molecule has 10 heteroatoms. The van der Waals surface area contributed by atoms with Crippen LogP contribution in [0.5, 0.6) is 5.75 Å². The maximum absolute atomic E-state index is 12.2. The van der Waals surface area contributed by atoms with Crippen LogP contribution in [0.4, 0.5) is 11.4 Å². The quantitative estimate of drug-likeness (QED) is 0.490. The van der Waals surface area contributed by atoms with Gasteiger partial charge in [-0.2, -0.15) is 4.31 Å². The fourth-order valence-corrected chi connectivity index (χ4v) is 4.35. The molecule has 3 rings (SSSR count). The van der Waals surface area contributed by atoms with Crippen LogP contribution in [0.1, 0.15) is 5.56 Å². The van der Waals surface area contributed by atoms with Gasteiger partial charge < -0.3 is 15.0 Å². The number of sulfonamides is 1. The van der Waals surface area contributed by atoms with E-state index < -0.39 is 10.0 Å². The Balaban J connectivity index is 1.58. The Kier molecular flexibility index (Phi) is 7.84. The number of rotatable bonds is 6. The van der Waals surface area contributed by atoms with Crippen LogP contribution in [0.3, 0.4) is 0 Å². The molecule has 170 valence electrons. The minimum Gasteiger partial charge on any atom is -0.497 e. The molecule has 2 N–H and O–H groups in total. The molecule has 1 saturated heterocycles. The molecule has 32 heavy (non-hydrogen) atoms. The van der Waals surface area contributed by atoms with Crippen molar-refractivity contribution < 1.29 is 17.9 Å². The first-order valence-electron chi connectivity index (χ1n) is 9.99. The van der Waals surface area contributed by atoms with Gasteiger partial charge in [-0.1, -0.05) is 24.3 Å². The molecule has 0 spiro atoms. The predicted molar refractivity (Wildman–Crippen MR) is 131 cm³/mol. The zero-order valence-electron chi connectivity index (χ0n) is 17.9. The normalized spacial score (nSPS) is 14.9. The summed E-state index contributed by atoms with van der Waals surface area (Å²) in [7, 11) is -1.60. The van der Waals surface area contributed by atoms with Crippen molar-refractivity contribution >= 4 is 50.7 Å². The van der Waals surface area contributed by atoms with Crippen molar-refractivity contribution in [2.45, 2.75) is 0 Å². The molecule has 0 unspecified atom stereocenters. The molecule has 8 nitrogen and oxygen atoms in total. The van der Waals surface area contributed by atoms with Gasteiger partial charge in [-0.3, -0.25) is 10.1 Å². The van der Waals surface area contributed by atoms with Gasteiger partial charge >= 0.3 is 0 Å². The summed E-state index contributed by atoms with van der Waals surface area (Å²) in [5.41, 5.74) is 2.49. The number of carbonyl (C=O) groups is 1. The van der Waals surface area contributed by atoms with Crippen molar-refractivity contribution in [2.24, 2.45) is 0 Å². The Morgan fingerprint density at radius 2 is 1.72 bits per heavy atom. The lowest BCUT2D eigenvalue weighted by Gasteiger charge is -2.35. The highest BCUT2D eigenvalue weighted by atomic mass is 32.2. The maximum atomic E-state index is 12.2. The summed E-state index contributed by atoms with van der Waals surface area (Å²) in [5, 5.41) is 5.89. The van der Waals surface area contributed by atoms with Crippen molar-refractivity contribution in [1.82, 2.24) is 9.62 Å². The van der Waals surface area contributed by atoms with Crippen molar-refractivity contribution in [2.75, 3.05) is 49.8 Å². The summed E-state index contributed by atoms with van der Waals surface area (Å²) in [4.78, 5) is 14.3. The van der Waals surface area contributed by atoms with Crippen molar-refractivity contribution in [1.29, 1.82) is 0 Å². The number of amides is 1. The van der Waals surface area contributed by atoms with Crippen LogP contribution in [0.15, 0.2) is 54.6 Å². The van der Waals surface area contributed by atoms with E-state index in [2.05, 4.69) is 15.5 Å². The predicted octanol–water partition coefficient (Wildman–Crippen LogP) is 2.30. The van der Waals surface area contributed by atoms with E-state index in [9.17, 15) is 13.2 Å². The number of methoxy groups -OCH3 is 1. The molecule has 1 aliphatic heterocycles. The number of nitrogens with one attached hydrogen (secondary N) is 2. The van der Waals surface area contributed by atoms with Gasteiger partial charge in [0.15, 0.2) is 5.11 Å². The van der Waals surface area contributed by atoms with Gasteiger partial charge in [0.1, 0.15) is 5.75 Å². The summed E-state index contributed by atoms with van der Waals surface area (Å²) in [6.07, 6.45) is 4.32. The molecule has 1 amide bonds. The van der Waals surface area contributed by atoms with Gasteiger partial charge in [-0.15, -0.1) is 0 Å². The zero-order valence-corrected chi connectivity index (χ0v) is 19.6. The van der Waals surface area contributed by atoms with Gasteiger partial charge in [-0.05, 0) is 48.1 Å². The Hall–Kier alpha value is -2.95. The Morgan fingerprint density at radius 1 is 1.06 bits per heavy atom. The third-order valence-corrected chi connectivity index (χ3v) is 6.49. The fourth-order valence-electron chi connectivity index (χ4n) is 3.31. The lowest BCUT2D eigenvalue weighted by Crippen LogP contribution is -2.48. The number of ether oxygens (including phenoxy) is 1. The molecular formula is C22H26N4O4S2. The van der Waals surface area contributed by atoms with E-state index >= 15 is 0 Å². The van der Waals surface area contributed by atoms with Crippen LogP contribution < -0.4 is 20.3 Å². The molecule has 0 saturated carbocycles. The number of thiocarbonyl (C=S) groups is 1. The second-order valence-electron chi connectivity index (χ2n) is 7.22. The largest absolute Gasteiger partial charge is 0.497 e. The van der Waals surface area contributed by atoms with E-state index in [0.717, 1.165) is 22.7 Å². The zero-order chi connectivity index (χ0) is 23.1. The molecule has 2 aromatic carbocycles. The highest BCUT2D eigenvalue weighted by Gasteiger charge is 2.24. The number of hydrogen-bond acceptors (Lipinski definition) is 6. The number of para-hydroxylation sites is 2. The molecule has 0 atom stereocenters. The molecular weight excluding hydrogens is 448 g/mol. The Bertz CT molecular complexity index is 1090. The van der Waals surface area contributed by atoms with Gasteiger partial charge in [-0.25, -0.2) is 8.42 Å². The topological polar surface area (TPSA) is 91.0 Å². The molecule has 0 aliphatic carbocycles. The first-order chi connectivity index (χ1) is 15.3. The lowest BCUT2D eigenvalue weighted by molar-refractivity contribution is -0.115. The van der Waals surface area contributed by atoms with E-state index in [1.54, 1.807) is 13.2 Å². The molecule has 1 aliphatic rings. The molecule has 1 fully saturated rings. The number of hydrogen-bond donors (Lipinski definition) is 2. The van der Waals surface area contributed by atoms with Crippen molar-refractivity contribution in [3.8, 4) is 5.75 Å². The fraction of sp³-hybridized carbons (Fsp3) is 0.273. The number of nitrogens with zero attached hydrogens (tertiary/aromatic N) is 2. The smallest absolute Gasteiger partial charge is 0.250 e. The standard InChI is InChI=1S/C22H26N4O4S2/c1-30-18-10-7-17(8-11-18)9-12-21(27)24-22(31)23-19-5-3-4-6-20(19)25-13-15-26(16-14-25)32(2,28)29/h3-12H,13-16H2,1-2H3,(H2,23,24,27,31). The first-order valence-corrected chi connectivity index (χ1v) is 12.2. The van der Waals surface area contributed by atoms with E-state index in [1.165, 1.54) is 16.6 Å². The highest BCUT2D eigenvalue weighted by molar-refractivity contribution is 7.88. The van der Waals surface area contributed by atoms with Gasteiger partial charge in [0.05, 0.1) is 24.7 Å². The highest BCUT2D eigenvalue weighted by Crippen LogP contribution is 2.27. The number of piperazine rings is 1. The second-order valence-corrected chi connectivity index (χ2v) is 9.61. The monoisotopic (exact) mass is 474 g/mol. The molecule has 0 bridgehead atoms. The van der Waals surface area contributed by atoms with Crippen molar-refractivity contribution in [3.05, 3.63) is 60.2 Å². The third-order valence-electron chi connectivity index (χ3n) is 4.98. The van der Waals surface area contributed by atoms with E-state index in [4.69, 9.17) is 17.0 Å². The van der Waals surface area contributed by atoms with Crippen LogP contribution >= 0.6 is 12.2 Å². The maximum Gasteiger partial charge on any atom is 0.250 e. The molecule has 2 aromatic rings. The number of anilines is 2. The van der Waals surface area contributed by atoms with Crippen molar-refractivity contribution in [3.63, 3.8) is 0 Å². The van der Waals surface area contributed by atoms with Gasteiger partial charge in [0.2, 0.25) is 15.9 Å². The first kappa shape index (κ1) is 23.7. The van der Waals surface area contributed by atoms with E-state index in [-0.39, 0.29) is 11.0 Å². The summed E-state index contributed by atoms with van der Waals surface area (Å²) >= 11 is 5.31. The summed E-state index contributed by atoms with van der Waals surface area (Å²) in [6.45, 7) is 1.97. The Labute approximate surface area is 193 Å². The average Bonchev–Trinajstić information content (AvgIpc) is 2.78. The van der Waals surface area contributed by atoms with E-state index in [1.807, 2.05) is 48.5 Å². The van der Waals surface area contributed by atoms with Gasteiger partial charge in [0, 0.05) is 32.3 Å². The Morgan fingerprint density at radius 3 is 2.34 bits per heavy atom. The minimum atomic E-state index is -3.19. The van der Waals surface area contributed by atoms with Crippen LogP contribution in [0.2, 0.25) is 0 Å². The van der Waals surface area contributed by atoms with E-state index in [0.29, 0.717) is 26.2 Å². The SMILES string of the molecule is COc1ccc(C=CC(=O)NC(=S)Nc2ccccc2N2CCN(S(C)(=O)=O)CC2)cc1. The molecule has 0 aromatic heterocycles. The lowest BCUT2D eigenvalue weighted by atomic mass is 10.2. The second kappa shape index (κ2) is 10.6. The minimum absolute atomic E-state index is 0.177. The summed E-state index contributed by atoms with van der Waals surface area (Å²) in [5.74, 6) is 0.394.